The quantitative estimate of drug-likeness (QED) is 0.583. The van der Waals surface area contributed by atoms with Gasteiger partial charge < -0.3 is 14.8 Å². The number of nitrogens with one attached hydrogen (secondary N) is 1. The van der Waals surface area contributed by atoms with E-state index in [1.54, 1.807) is 25.3 Å². The van der Waals surface area contributed by atoms with Crippen LogP contribution in [0.2, 0.25) is 0 Å². The van der Waals surface area contributed by atoms with Crippen molar-refractivity contribution in [3.63, 3.8) is 0 Å². The third-order valence-electron chi connectivity index (χ3n) is 4.55. The van der Waals surface area contributed by atoms with Crippen LogP contribution in [0.4, 0.5) is 4.79 Å². The van der Waals surface area contributed by atoms with Crippen molar-refractivity contribution in [1.29, 1.82) is 0 Å². The molecule has 0 aromatic heterocycles. The maximum atomic E-state index is 12.6. The van der Waals surface area contributed by atoms with Gasteiger partial charge in [0.1, 0.15) is 5.70 Å². The first kappa shape index (κ1) is 19.5. The average molecular weight is 380 g/mol. The molecule has 2 aromatic carbocycles. The number of urea groups is 1. The van der Waals surface area contributed by atoms with Gasteiger partial charge in [0.15, 0.2) is 11.5 Å². The van der Waals surface area contributed by atoms with Crippen LogP contribution >= 0.6 is 0 Å². The highest BCUT2D eigenvalue weighted by Crippen LogP contribution is 2.30. The van der Waals surface area contributed by atoms with Crippen LogP contribution in [-0.2, 0) is 11.3 Å². The normalized spacial score (nSPS) is 16.2. The second-order valence-corrected chi connectivity index (χ2v) is 6.61. The summed E-state index contributed by atoms with van der Waals surface area (Å²) in [6.07, 6.45) is 2.59. The van der Waals surface area contributed by atoms with E-state index in [9.17, 15) is 9.59 Å². The monoisotopic (exact) mass is 380 g/mol. The van der Waals surface area contributed by atoms with Crippen molar-refractivity contribution in [2.24, 2.45) is 0 Å². The fourth-order valence-corrected chi connectivity index (χ4v) is 2.82. The molecule has 1 saturated heterocycles. The van der Waals surface area contributed by atoms with E-state index in [1.807, 2.05) is 50.2 Å². The molecule has 3 rings (SSSR count). The number of rotatable bonds is 7. The van der Waals surface area contributed by atoms with Crippen LogP contribution in [0, 0.1) is 0 Å². The minimum atomic E-state index is -0.427. The highest BCUT2D eigenvalue weighted by Gasteiger charge is 2.33. The van der Waals surface area contributed by atoms with Crippen molar-refractivity contribution in [1.82, 2.24) is 10.2 Å². The molecule has 1 aliphatic heterocycles. The van der Waals surface area contributed by atoms with E-state index in [0.29, 0.717) is 11.5 Å². The number of carbonyl (C=O) groups excluding carboxylic acids is 2. The Morgan fingerprint density at radius 2 is 1.86 bits per heavy atom. The lowest BCUT2D eigenvalue weighted by molar-refractivity contribution is -0.123. The number of benzene rings is 2. The summed E-state index contributed by atoms with van der Waals surface area (Å²) in [7, 11) is 1.57. The van der Waals surface area contributed by atoms with Crippen LogP contribution in [0.25, 0.3) is 6.08 Å². The molecule has 6 nitrogen and oxygen atoms in total. The van der Waals surface area contributed by atoms with Gasteiger partial charge in [-0.15, -0.1) is 0 Å². The van der Waals surface area contributed by atoms with Gasteiger partial charge in [-0.1, -0.05) is 43.3 Å². The summed E-state index contributed by atoms with van der Waals surface area (Å²) in [5, 5.41) is 2.64. The number of hydrogen-bond donors (Lipinski definition) is 1. The molecule has 0 unspecified atom stereocenters. The Bertz CT molecular complexity index is 893. The molecule has 0 aliphatic carbocycles. The van der Waals surface area contributed by atoms with E-state index in [1.165, 1.54) is 4.90 Å². The number of amides is 3. The molecular formula is C22H24N2O4. The van der Waals surface area contributed by atoms with Gasteiger partial charge in [0.05, 0.1) is 19.8 Å². The van der Waals surface area contributed by atoms with E-state index in [4.69, 9.17) is 9.47 Å². The molecular weight excluding hydrogens is 356 g/mol. The highest BCUT2D eigenvalue weighted by atomic mass is 16.5. The Hall–Kier alpha value is -3.28. The van der Waals surface area contributed by atoms with Crippen LogP contribution in [0.5, 0.6) is 11.5 Å². The predicted octanol–water partition coefficient (Wildman–Crippen LogP) is 3.97. The third-order valence-corrected chi connectivity index (χ3v) is 4.55. The number of methoxy groups -OCH3 is 1. The minimum Gasteiger partial charge on any atom is -0.493 e. The number of imide groups is 1. The molecule has 6 heteroatoms. The molecule has 1 heterocycles. The molecule has 1 aliphatic rings. The topological polar surface area (TPSA) is 67.9 Å². The number of carbonyl (C=O) groups is 2. The van der Waals surface area contributed by atoms with E-state index in [-0.39, 0.29) is 24.3 Å². The van der Waals surface area contributed by atoms with Gasteiger partial charge in [-0.3, -0.25) is 9.69 Å². The minimum absolute atomic E-state index is 0.0698. The molecule has 0 spiro atoms. The van der Waals surface area contributed by atoms with Gasteiger partial charge in [-0.25, -0.2) is 4.79 Å². The molecule has 146 valence electrons. The lowest BCUT2D eigenvalue weighted by Crippen LogP contribution is -2.30. The first-order valence-corrected chi connectivity index (χ1v) is 9.25. The Labute approximate surface area is 164 Å². The maximum absolute atomic E-state index is 12.6. The smallest absolute Gasteiger partial charge is 0.329 e. The van der Waals surface area contributed by atoms with E-state index in [2.05, 4.69) is 5.32 Å². The summed E-state index contributed by atoms with van der Waals surface area (Å²) in [6.45, 7) is 4.27. The second-order valence-electron chi connectivity index (χ2n) is 6.61. The first-order valence-electron chi connectivity index (χ1n) is 9.25. The molecule has 1 atom stereocenters. The molecule has 1 fully saturated rings. The number of hydrogen-bond acceptors (Lipinski definition) is 4. The lowest BCUT2D eigenvalue weighted by Gasteiger charge is -2.15. The van der Waals surface area contributed by atoms with E-state index < -0.39 is 6.03 Å². The molecule has 0 saturated carbocycles. The summed E-state index contributed by atoms with van der Waals surface area (Å²) >= 11 is 0. The van der Waals surface area contributed by atoms with Gasteiger partial charge in [0.2, 0.25) is 0 Å². The summed E-state index contributed by atoms with van der Waals surface area (Å²) in [5.74, 6) is 0.867. The van der Waals surface area contributed by atoms with Crippen LogP contribution in [0.3, 0.4) is 0 Å². The van der Waals surface area contributed by atoms with Gasteiger partial charge in [-0.05, 0) is 42.7 Å². The van der Waals surface area contributed by atoms with Crippen LogP contribution in [0.15, 0.2) is 54.2 Å². The van der Waals surface area contributed by atoms with Gasteiger partial charge >= 0.3 is 6.03 Å². The molecule has 0 radical (unpaired) electrons. The molecule has 2 aromatic rings. The van der Waals surface area contributed by atoms with Crippen LogP contribution in [-0.4, -0.2) is 30.1 Å². The lowest BCUT2D eigenvalue weighted by atomic mass is 10.1. The van der Waals surface area contributed by atoms with Crippen molar-refractivity contribution < 1.29 is 19.1 Å². The van der Waals surface area contributed by atoms with Gasteiger partial charge in [0, 0.05) is 0 Å². The first-order chi connectivity index (χ1) is 13.5. The van der Waals surface area contributed by atoms with E-state index >= 15 is 0 Å². The number of nitrogens with zero attached hydrogens (tertiary/aromatic N) is 1. The van der Waals surface area contributed by atoms with Crippen LogP contribution in [0.1, 0.15) is 31.4 Å². The van der Waals surface area contributed by atoms with Crippen molar-refractivity contribution in [2.75, 3.05) is 7.11 Å². The summed E-state index contributed by atoms with van der Waals surface area (Å²) < 4.78 is 11.2. The van der Waals surface area contributed by atoms with Crippen molar-refractivity contribution >= 4 is 18.0 Å². The zero-order chi connectivity index (χ0) is 20.1. The standard InChI is InChI=1S/C22H24N2O4/c1-4-15(2)28-19-11-10-17(13-20(19)27-3)12-18-21(25)24(22(26)23-18)14-16-8-6-5-7-9-16/h5-13,15H,4,14H2,1-3H3,(H,23,26)/b18-12-/t15-/m0/s1. The van der Waals surface area contributed by atoms with Crippen LogP contribution < -0.4 is 14.8 Å². The summed E-state index contributed by atoms with van der Waals surface area (Å²) in [6, 6.07) is 14.4. The van der Waals surface area contributed by atoms with E-state index in [0.717, 1.165) is 17.5 Å². The number of ether oxygens (including phenoxy) is 2. The molecule has 1 N–H and O–H groups in total. The Morgan fingerprint density at radius 1 is 1.11 bits per heavy atom. The highest BCUT2D eigenvalue weighted by molar-refractivity contribution is 6.13. The zero-order valence-corrected chi connectivity index (χ0v) is 16.3. The van der Waals surface area contributed by atoms with Gasteiger partial charge in [-0.2, -0.15) is 0 Å². The van der Waals surface area contributed by atoms with Crippen molar-refractivity contribution in [2.45, 2.75) is 32.9 Å². The van der Waals surface area contributed by atoms with Gasteiger partial charge in [0.25, 0.3) is 5.91 Å². The molecule has 3 amide bonds. The SMILES string of the molecule is CC[C@H](C)Oc1ccc(/C=C2\NC(=O)N(Cc3ccccc3)C2=O)cc1OC. The summed E-state index contributed by atoms with van der Waals surface area (Å²) in [4.78, 5) is 26.1. The Morgan fingerprint density at radius 3 is 2.54 bits per heavy atom. The molecule has 28 heavy (non-hydrogen) atoms. The third kappa shape index (κ3) is 4.34. The Balaban J connectivity index is 1.79. The van der Waals surface area contributed by atoms with Crippen molar-refractivity contribution in [3.8, 4) is 11.5 Å². The zero-order valence-electron chi connectivity index (χ0n) is 16.3. The Kier molecular flexibility index (Phi) is 5.99. The largest absolute Gasteiger partial charge is 0.493 e. The van der Waals surface area contributed by atoms with Crippen molar-refractivity contribution in [3.05, 3.63) is 65.4 Å². The molecule has 0 bridgehead atoms. The fraction of sp³-hybridized carbons (Fsp3) is 0.273. The average Bonchev–Trinajstić information content (AvgIpc) is 2.97. The fourth-order valence-electron chi connectivity index (χ4n) is 2.82. The second kappa shape index (κ2) is 8.61. The summed E-state index contributed by atoms with van der Waals surface area (Å²) in [5.41, 5.74) is 1.86. The predicted molar refractivity (Wildman–Crippen MR) is 107 cm³/mol. The maximum Gasteiger partial charge on any atom is 0.329 e.